The molecule has 0 amide bonds. The number of aromatic nitrogens is 4. The fraction of sp³-hybridized carbons (Fsp3) is 0. The SMILES string of the molecule is c1ccc(-c2ccc(-c3ccnc(-c4cnc5c(ccc6cc(-c7cc(-c8ccc(-c9ccccc9)cc8)ccn7)cnc65)c4)c3)cc2)cc1. The van der Waals surface area contributed by atoms with Crippen LogP contribution in [0.4, 0.5) is 0 Å². The number of hydrogen-bond acceptors (Lipinski definition) is 4. The molecule has 0 saturated heterocycles. The van der Waals surface area contributed by atoms with Crippen LogP contribution >= 0.6 is 0 Å². The molecule has 0 bridgehead atoms. The highest BCUT2D eigenvalue weighted by molar-refractivity contribution is 6.04. The van der Waals surface area contributed by atoms with E-state index < -0.39 is 0 Å². The summed E-state index contributed by atoms with van der Waals surface area (Å²) >= 11 is 0. The van der Waals surface area contributed by atoms with Crippen molar-refractivity contribution in [1.82, 2.24) is 19.9 Å². The van der Waals surface area contributed by atoms with Crippen LogP contribution in [0.2, 0.25) is 0 Å². The number of hydrogen-bond donors (Lipinski definition) is 0. The fourth-order valence-corrected chi connectivity index (χ4v) is 6.58. The minimum Gasteiger partial charge on any atom is -0.256 e. The van der Waals surface area contributed by atoms with Crippen LogP contribution in [0.1, 0.15) is 0 Å². The number of rotatable bonds is 6. The Hall–Kier alpha value is -6.78. The monoisotopic (exact) mass is 638 g/mol. The highest BCUT2D eigenvalue weighted by atomic mass is 14.8. The summed E-state index contributed by atoms with van der Waals surface area (Å²) in [6, 6.07) is 55.1. The van der Waals surface area contributed by atoms with Crippen LogP contribution in [-0.4, -0.2) is 19.9 Å². The minimum atomic E-state index is 0.866. The van der Waals surface area contributed by atoms with E-state index in [0.717, 1.165) is 66.6 Å². The van der Waals surface area contributed by atoms with Gasteiger partial charge in [-0.2, -0.15) is 0 Å². The maximum absolute atomic E-state index is 4.90. The molecule has 4 nitrogen and oxygen atoms in total. The van der Waals surface area contributed by atoms with Crippen LogP contribution in [0.3, 0.4) is 0 Å². The van der Waals surface area contributed by atoms with E-state index in [0.29, 0.717) is 0 Å². The van der Waals surface area contributed by atoms with Crippen LogP contribution in [0, 0.1) is 0 Å². The van der Waals surface area contributed by atoms with Gasteiger partial charge in [-0.25, -0.2) is 0 Å². The third kappa shape index (κ3) is 5.69. The molecule has 4 heteroatoms. The average Bonchev–Trinajstić information content (AvgIpc) is 3.21. The van der Waals surface area contributed by atoms with Crippen LogP contribution in [-0.2, 0) is 0 Å². The first kappa shape index (κ1) is 29.4. The van der Waals surface area contributed by atoms with Gasteiger partial charge in [0.1, 0.15) is 0 Å². The summed E-state index contributed by atoms with van der Waals surface area (Å²) in [4.78, 5) is 19.2. The van der Waals surface area contributed by atoms with Gasteiger partial charge < -0.3 is 0 Å². The summed E-state index contributed by atoms with van der Waals surface area (Å²) in [6.07, 6.45) is 7.53. The molecule has 0 atom stereocenters. The van der Waals surface area contributed by atoms with Gasteiger partial charge in [-0.05, 0) is 80.9 Å². The molecular weight excluding hydrogens is 609 g/mol. The van der Waals surface area contributed by atoms with Crippen molar-refractivity contribution in [3.8, 4) is 67.0 Å². The summed E-state index contributed by atoms with van der Waals surface area (Å²) in [5.41, 5.74) is 14.8. The maximum Gasteiger partial charge on any atom is 0.0965 e. The Morgan fingerprint density at radius 2 is 0.620 bits per heavy atom. The molecule has 0 aliphatic rings. The second-order valence-corrected chi connectivity index (χ2v) is 12.4. The van der Waals surface area contributed by atoms with Crippen molar-refractivity contribution in [2.45, 2.75) is 0 Å². The fourth-order valence-electron chi connectivity index (χ4n) is 6.58. The molecule has 0 aliphatic carbocycles. The van der Waals surface area contributed by atoms with E-state index in [4.69, 9.17) is 19.9 Å². The molecule has 0 saturated carbocycles. The van der Waals surface area contributed by atoms with Crippen molar-refractivity contribution in [2.24, 2.45) is 0 Å². The Morgan fingerprint density at radius 1 is 0.260 bits per heavy atom. The third-order valence-electron chi connectivity index (χ3n) is 9.26. The third-order valence-corrected chi connectivity index (χ3v) is 9.26. The molecule has 0 spiro atoms. The van der Waals surface area contributed by atoms with Gasteiger partial charge in [0.2, 0.25) is 0 Å². The van der Waals surface area contributed by atoms with Crippen LogP contribution in [0.25, 0.3) is 88.8 Å². The number of fused-ring (bicyclic) bond motifs is 3. The largest absolute Gasteiger partial charge is 0.256 e. The Bertz CT molecular complexity index is 2430. The molecule has 0 radical (unpaired) electrons. The molecule has 234 valence electrons. The Balaban J connectivity index is 0.984. The van der Waals surface area contributed by atoms with Gasteiger partial charge >= 0.3 is 0 Å². The van der Waals surface area contributed by atoms with Crippen molar-refractivity contribution in [3.05, 3.63) is 183 Å². The second-order valence-electron chi connectivity index (χ2n) is 12.4. The smallest absolute Gasteiger partial charge is 0.0965 e. The molecule has 0 aliphatic heterocycles. The number of benzene rings is 5. The van der Waals surface area contributed by atoms with Crippen LogP contribution in [0.15, 0.2) is 183 Å². The van der Waals surface area contributed by atoms with E-state index in [-0.39, 0.29) is 0 Å². The second kappa shape index (κ2) is 12.7. The molecule has 4 heterocycles. The molecule has 4 aromatic heterocycles. The maximum atomic E-state index is 4.90. The number of nitrogens with zero attached hydrogens (tertiary/aromatic N) is 4. The van der Waals surface area contributed by atoms with E-state index >= 15 is 0 Å². The van der Waals surface area contributed by atoms with E-state index in [2.05, 4.69) is 146 Å². The predicted molar refractivity (Wildman–Crippen MR) is 205 cm³/mol. The normalized spacial score (nSPS) is 11.2. The quantitative estimate of drug-likeness (QED) is 0.170. The zero-order chi connectivity index (χ0) is 33.3. The standard InChI is InChI=1S/C46H30N4/c1-3-7-31(8-4-1)33-11-15-35(16-12-33)37-21-23-47-43(27-37)41-25-39-19-20-40-26-42(30-50-46(40)45(39)49-29-41)44-28-38(22-24-48-44)36-17-13-34(14-18-36)32-9-5-2-6-10-32/h1-30H. The summed E-state index contributed by atoms with van der Waals surface area (Å²) in [5.74, 6) is 0. The summed E-state index contributed by atoms with van der Waals surface area (Å²) < 4.78 is 0. The van der Waals surface area contributed by atoms with Crippen molar-refractivity contribution in [3.63, 3.8) is 0 Å². The molecule has 0 fully saturated rings. The molecule has 9 rings (SSSR count). The van der Waals surface area contributed by atoms with Gasteiger partial charge in [0.25, 0.3) is 0 Å². The van der Waals surface area contributed by atoms with Crippen LogP contribution < -0.4 is 0 Å². The summed E-state index contributed by atoms with van der Waals surface area (Å²) in [5, 5.41) is 2.04. The van der Waals surface area contributed by atoms with Gasteiger partial charge in [0, 0.05) is 46.7 Å². The van der Waals surface area contributed by atoms with Crippen molar-refractivity contribution in [2.75, 3.05) is 0 Å². The lowest BCUT2D eigenvalue weighted by atomic mass is 9.99. The first-order chi connectivity index (χ1) is 24.7. The lowest BCUT2D eigenvalue weighted by Gasteiger charge is -2.10. The Morgan fingerprint density at radius 3 is 1.02 bits per heavy atom. The Kier molecular flexibility index (Phi) is 7.45. The van der Waals surface area contributed by atoms with Crippen molar-refractivity contribution in [1.29, 1.82) is 0 Å². The predicted octanol–water partition coefficient (Wildman–Crippen LogP) is 11.6. The van der Waals surface area contributed by atoms with Gasteiger partial charge in [-0.1, -0.05) is 121 Å². The number of pyridine rings is 4. The topological polar surface area (TPSA) is 51.6 Å². The molecule has 50 heavy (non-hydrogen) atoms. The lowest BCUT2D eigenvalue weighted by molar-refractivity contribution is 1.30. The minimum absolute atomic E-state index is 0.866. The van der Waals surface area contributed by atoms with Crippen molar-refractivity contribution < 1.29 is 0 Å². The van der Waals surface area contributed by atoms with E-state index in [1.54, 1.807) is 0 Å². The van der Waals surface area contributed by atoms with E-state index in [1.165, 1.54) is 22.3 Å². The summed E-state index contributed by atoms with van der Waals surface area (Å²) in [6.45, 7) is 0. The van der Waals surface area contributed by atoms with Gasteiger partial charge in [-0.15, -0.1) is 0 Å². The van der Waals surface area contributed by atoms with Gasteiger partial charge in [0.15, 0.2) is 0 Å². The van der Waals surface area contributed by atoms with Crippen molar-refractivity contribution >= 4 is 21.8 Å². The van der Waals surface area contributed by atoms with E-state index in [1.807, 2.05) is 36.9 Å². The zero-order valence-corrected chi connectivity index (χ0v) is 27.1. The van der Waals surface area contributed by atoms with E-state index in [9.17, 15) is 0 Å². The lowest BCUT2D eigenvalue weighted by Crippen LogP contribution is -1.91. The first-order valence-corrected chi connectivity index (χ1v) is 16.7. The molecule has 0 unspecified atom stereocenters. The highest BCUT2D eigenvalue weighted by Crippen LogP contribution is 2.32. The van der Waals surface area contributed by atoms with Crippen LogP contribution in [0.5, 0.6) is 0 Å². The highest BCUT2D eigenvalue weighted by Gasteiger charge is 2.11. The molecule has 9 aromatic rings. The molecule has 0 N–H and O–H groups in total. The first-order valence-electron chi connectivity index (χ1n) is 16.7. The Labute approximate surface area is 290 Å². The molecular formula is C46H30N4. The van der Waals surface area contributed by atoms with Gasteiger partial charge in [-0.3, -0.25) is 19.9 Å². The average molecular weight is 639 g/mol. The zero-order valence-electron chi connectivity index (χ0n) is 27.1. The summed E-state index contributed by atoms with van der Waals surface area (Å²) in [7, 11) is 0. The van der Waals surface area contributed by atoms with Gasteiger partial charge in [0.05, 0.1) is 22.4 Å². The molecule has 5 aromatic carbocycles.